The van der Waals surface area contributed by atoms with Crippen molar-refractivity contribution in [1.82, 2.24) is 9.80 Å². The summed E-state index contributed by atoms with van der Waals surface area (Å²) in [6.07, 6.45) is 4.05. The number of anilines is 1. The highest BCUT2D eigenvalue weighted by Crippen LogP contribution is 2.30. The Labute approximate surface area is 186 Å². The third kappa shape index (κ3) is 6.94. The van der Waals surface area contributed by atoms with E-state index in [9.17, 15) is 9.59 Å². The number of morpholine rings is 1. The highest BCUT2D eigenvalue weighted by molar-refractivity contribution is 5.91. The van der Waals surface area contributed by atoms with Crippen molar-refractivity contribution < 1.29 is 19.1 Å². The molecule has 7 heteroatoms. The van der Waals surface area contributed by atoms with Gasteiger partial charge in [0, 0.05) is 64.9 Å². The molecule has 7 nitrogen and oxygen atoms in total. The number of rotatable bonds is 8. The molecule has 0 aromatic heterocycles. The fraction of sp³-hybridized carbons (Fsp3) is 0.667. The average Bonchev–Trinajstić information content (AvgIpc) is 2.78. The Hall–Kier alpha value is -2.12. The van der Waals surface area contributed by atoms with Crippen LogP contribution in [-0.4, -0.2) is 80.7 Å². The van der Waals surface area contributed by atoms with Gasteiger partial charge in [-0.2, -0.15) is 0 Å². The molecule has 1 aliphatic heterocycles. The smallest absolute Gasteiger partial charge is 0.223 e. The van der Waals surface area contributed by atoms with Gasteiger partial charge in [-0.15, -0.1) is 0 Å². The molecular weight excluding hydrogens is 394 g/mol. The summed E-state index contributed by atoms with van der Waals surface area (Å²) in [4.78, 5) is 30.1. The molecule has 2 amide bonds. The van der Waals surface area contributed by atoms with Crippen LogP contribution in [0.15, 0.2) is 24.3 Å². The van der Waals surface area contributed by atoms with Gasteiger partial charge in [0.1, 0.15) is 12.4 Å². The highest BCUT2D eigenvalue weighted by atomic mass is 16.5. The first-order valence-corrected chi connectivity index (χ1v) is 11.5. The van der Waals surface area contributed by atoms with E-state index < -0.39 is 0 Å². The number of hydrogen-bond acceptors (Lipinski definition) is 5. The molecule has 1 aromatic rings. The van der Waals surface area contributed by atoms with E-state index >= 15 is 0 Å². The van der Waals surface area contributed by atoms with E-state index in [0.717, 1.165) is 70.0 Å². The Morgan fingerprint density at radius 2 is 1.81 bits per heavy atom. The number of carbonyl (C=O) groups is 2. The lowest BCUT2D eigenvalue weighted by atomic mass is 9.85. The minimum absolute atomic E-state index is 0.0495. The quantitative estimate of drug-likeness (QED) is 0.633. The molecule has 3 rings (SSSR count). The minimum atomic E-state index is 0.0495. The van der Waals surface area contributed by atoms with Crippen molar-refractivity contribution in [1.29, 1.82) is 0 Å². The van der Waals surface area contributed by atoms with Gasteiger partial charge in [-0.3, -0.25) is 14.5 Å². The van der Waals surface area contributed by atoms with Gasteiger partial charge in [0.15, 0.2) is 0 Å². The van der Waals surface area contributed by atoms with Crippen LogP contribution >= 0.6 is 0 Å². The van der Waals surface area contributed by atoms with E-state index in [1.807, 2.05) is 41.1 Å². The average molecular weight is 432 g/mol. The predicted molar refractivity (Wildman–Crippen MR) is 121 cm³/mol. The van der Waals surface area contributed by atoms with Gasteiger partial charge in [-0.05, 0) is 43.7 Å². The third-order valence-corrected chi connectivity index (χ3v) is 6.59. The lowest BCUT2D eigenvalue weighted by Crippen LogP contribution is -2.41. The van der Waals surface area contributed by atoms with Crippen molar-refractivity contribution in [2.24, 2.45) is 5.92 Å². The summed E-state index contributed by atoms with van der Waals surface area (Å²) >= 11 is 0. The van der Waals surface area contributed by atoms with Crippen LogP contribution in [0.5, 0.6) is 5.75 Å². The summed E-state index contributed by atoms with van der Waals surface area (Å²) < 4.78 is 11.4. The molecule has 1 aromatic carbocycles. The van der Waals surface area contributed by atoms with Gasteiger partial charge in [0.2, 0.25) is 11.8 Å². The van der Waals surface area contributed by atoms with E-state index in [4.69, 9.17) is 9.47 Å². The molecule has 1 saturated carbocycles. The van der Waals surface area contributed by atoms with Crippen LogP contribution in [0.3, 0.4) is 0 Å². The van der Waals surface area contributed by atoms with Gasteiger partial charge in [0.05, 0.1) is 13.2 Å². The number of benzene rings is 1. The maximum atomic E-state index is 12.4. The summed E-state index contributed by atoms with van der Waals surface area (Å²) in [7, 11) is 1.89. The van der Waals surface area contributed by atoms with E-state index in [-0.39, 0.29) is 11.8 Å². The van der Waals surface area contributed by atoms with Gasteiger partial charge < -0.3 is 19.3 Å². The van der Waals surface area contributed by atoms with Crippen LogP contribution in [0.4, 0.5) is 5.69 Å². The number of hydrogen-bond donors (Lipinski definition) is 0. The first-order chi connectivity index (χ1) is 14.9. The van der Waals surface area contributed by atoms with Crippen molar-refractivity contribution in [3.05, 3.63) is 24.3 Å². The lowest BCUT2D eigenvalue weighted by Gasteiger charge is -2.36. The Kier molecular flexibility index (Phi) is 8.72. The fourth-order valence-corrected chi connectivity index (χ4v) is 4.50. The summed E-state index contributed by atoms with van der Waals surface area (Å²) in [5.74, 6) is 1.42. The molecule has 1 saturated heterocycles. The molecule has 172 valence electrons. The largest absolute Gasteiger partial charge is 0.492 e. The van der Waals surface area contributed by atoms with Crippen LogP contribution in [0.2, 0.25) is 0 Å². The Balaban J connectivity index is 1.53. The van der Waals surface area contributed by atoms with Crippen molar-refractivity contribution in [3.8, 4) is 5.75 Å². The van der Waals surface area contributed by atoms with Gasteiger partial charge in [-0.1, -0.05) is 6.07 Å². The molecule has 0 unspecified atom stereocenters. The first kappa shape index (κ1) is 23.5. The SMILES string of the molecule is CC(=O)N(CC1CCC(N(C)C(C)=O)CC1)c1cccc(OCCN2CCOCC2)c1. The normalized spacial score (nSPS) is 22.0. The molecule has 0 atom stereocenters. The highest BCUT2D eigenvalue weighted by Gasteiger charge is 2.27. The van der Waals surface area contributed by atoms with Crippen LogP contribution < -0.4 is 9.64 Å². The maximum absolute atomic E-state index is 12.4. The van der Waals surface area contributed by atoms with Crippen LogP contribution in [-0.2, 0) is 14.3 Å². The third-order valence-electron chi connectivity index (χ3n) is 6.59. The first-order valence-electron chi connectivity index (χ1n) is 11.5. The number of amides is 2. The van der Waals surface area contributed by atoms with E-state index in [1.165, 1.54) is 0 Å². The zero-order valence-electron chi connectivity index (χ0n) is 19.2. The molecule has 1 aliphatic carbocycles. The summed E-state index contributed by atoms with van der Waals surface area (Å²) in [5, 5.41) is 0. The zero-order valence-corrected chi connectivity index (χ0v) is 19.2. The summed E-state index contributed by atoms with van der Waals surface area (Å²) in [6, 6.07) is 8.17. The Morgan fingerprint density at radius 1 is 1.10 bits per heavy atom. The van der Waals surface area contributed by atoms with Crippen molar-refractivity contribution in [2.75, 3.05) is 57.9 Å². The topological polar surface area (TPSA) is 62.3 Å². The van der Waals surface area contributed by atoms with Crippen molar-refractivity contribution in [3.63, 3.8) is 0 Å². The molecule has 0 bridgehead atoms. The molecule has 31 heavy (non-hydrogen) atoms. The second-order valence-corrected chi connectivity index (χ2v) is 8.73. The predicted octanol–water partition coefficient (Wildman–Crippen LogP) is 2.79. The van der Waals surface area contributed by atoms with Crippen molar-refractivity contribution >= 4 is 17.5 Å². The van der Waals surface area contributed by atoms with Gasteiger partial charge >= 0.3 is 0 Å². The second kappa shape index (κ2) is 11.5. The molecule has 2 fully saturated rings. The van der Waals surface area contributed by atoms with Crippen LogP contribution in [0.25, 0.3) is 0 Å². The van der Waals surface area contributed by atoms with Crippen LogP contribution in [0.1, 0.15) is 39.5 Å². The maximum Gasteiger partial charge on any atom is 0.223 e. The number of nitrogens with zero attached hydrogens (tertiary/aromatic N) is 3. The van der Waals surface area contributed by atoms with Crippen molar-refractivity contribution in [2.45, 2.75) is 45.6 Å². The molecule has 1 heterocycles. The number of carbonyl (C=O) groups excluding carboxylic acids is 2. The van der Waals surface area contributed by atoms with Crippen LogP contribution in [0, 0.1) is 5.92 Å². The monoisotopic (exact) mass is 431 g/mol. The Bertz CT molecular complexity index is 727. The molecule has 2 aliphatic rings. The standard InChI is InChI=1S/C24H37N3O4/c1-19(28)25(3)22-9-7-21(8-10-22)18-27(20(2)29)23-5-4-6-24(17-23)31-16-13-26-11-14-30-15-12-26/h4-6,17,21-22H,7-16,18H2,1-3H3. The molecule has 0 radical (unpaired) electrons. The molecule has 0 N–H and O–H groups in total. The Morgan fingerprint density at radius 3 is 2.45 bits per heavy atom. The number of ether oxygens (including phenoxy) is 2. The van der Waals surface area contributed by atoms with Gasteiger partial charge in [-0.25, -0.2) is 0 Å². The molecule has 0 spiro atoms. The summed E-state index contributed by atoms with van der Waals surface area (Å²) in [6.45, 7) is 8.94. The lowest BCUT2D eigenvalue weighted by molar-refractivity contribution is -0.130. The minimum Gasteiger partial charge on any atom is -0.492 e. The fourth-order valence-electron chi connectivity index (χ4n) is 4.50. The van der Waals surface area contributed by atoms with Gasteiger partial charge in [0.25, 0.3) is 0 Å². The van der Waals surface area contributed by atoms with E-state index in [2.05, 4.69) is 4.90 Å². The van der Waals surface area contributed by atoms with E-state index in [0.29, 0.717) is 25.1 Å². The zero-order chi connectivity index (χ0) is 22.2. The van der Waals surface area contributed by atoms with E-state index in [1.54, 1.807) is 13.8 Å². The second-order valence-electron chi connectivity index (χ2n) is 8.73. The summed E-state index contributed by atoms with van der Waals surface area (Å²) in [5.41, 5.74) is 0.888. The molecular formula is C24H37N3O4.